The molecular formula is C24H31N3O3. The molecule has 0 unspecified atom stereocenters. The van der Waals surface area contributed by atoms with Crippen molar-refractivity contribution < 1.29 is 14.3 Å². The summed E-state index contributed by atoms with van der Waals surface area (Å²) in [4.78, 5) is 26.4. The Balaban J connectivity index is 1.98. The highest BCUT2D eigenvalue weighted by Gasteiger charge is 2.33. The van der Waals surface area contributed by atoms with Crippen LogP contribution >= 0.6 is 0 Å². The number of fused-ring (bicyclic) bond motifs is 1. The molecule has 0 fully saturated rings. The number of hydrogen-bond acceptors (Lipinski definition) is 4. The monoisotopic (exact) mass is 409 g/mol. The highest BCUT2D eigenvalue weighted by atomic mass is 16.6. The van der Waals surface area contributed by atoms with Crippen molar-refractivity contribution in [2.75, 3.05) is 11.4 Å². The lowest BCUT2D eigenvalue weighted by Crippen LogP contribution is -2.45. The van der Waals surface area contributed by atoms with Gasteiger partial charge in [-0.05, 0) is 74.5 Å². The largest absolute Gasteiger partial charge is 0.447 e. The number of nitrogens with one attached hydrogen (secondary N) is 1. The summed E-state index contributed by atoms with van der Waals surface area (Å²) in [5.74, 6) is -0.00848. The number of nitrogens with two attached hydrogens (primary N) is 1. The average Bonchev–Trinajstić information content (AvgIpc) is 2.67. The SMILES string of the molecule is CC(=O)N1c2ccc(-c3ccc(CCN)cc3)cc2[C@H](NC(=O)OC(C)C)C[C@@H]1C. The highest BCUT2D eigenvalue weighted by Crippen LogP contribution is 2.39. The molecule has 1 aliphatic heterocycles. The van der Waals surface area contributed by atoms with E-state index < -0.39 is 6.09 Å². The second-order valence-corrected chi connectivity index (χ2v) is 8.13. The Hall–Kier alpha value is -2.86. The smallest absolute Gasteiger partial charge is 0.407 e. The lowest BCUT2D eigenvalue weighted by Gasteiger charge is -2.39. The maximum absolute atomic E-state index is 12.3. The van der Waals surface area contributed by atoms with E-state index >= 15 is 0 Å². The third-order valence-electron chi connectivity index (χ3n) is 5.37. The lowest BCUT2D eigenvalue weighted by molar-refractivity contribution is -0.117. The minimum absolute atomic E-state index is 0.00848. The minimum Gasteiger partial charge on any atom is -0.447 e. The Bertz CT molecular complexity index is 908. The number of benzene rings is 2. The van der Waals surface area contributed by atoms with Crippen molar-refractivity contribution in [3.63, 3.8) is 0 Å². The van der Waals surface area contributed by atoms with Crippen LogP contribution in [0.25, 0.3) is 11.1 Å². The van der Waals surface area contributed by atoms with Crippen LogP contribution < -0.4 is 16.0 Å². The zero-order valence-electron chi connectivity index (χ0n) is 18.1. The number of hydrogen-bond donors (Lipinski definition) is 2. The maximum atomic E-state index is 12.3. The van der Waals surface area contributed by atoms with Crippen molar-refractivity contribution in [3.8, 4) is 11.1 Å². The van der Waals surface area contributed by atoms with E-state index in [1.165, 1.54) is 5.56 Å². The predicted octanol–water partition coefficient (Wildman–Crippen LogP) is 4.18. The molecule has 0 spiro atoms. The predicted molar refractivity (Wildman–Crippen MR) is 119 cm³/mol. The first-order valence-electron chi connectivity index (χ1n) is 10.5. The number of anilines is 1. The molecule has 6 heteroatoms. The van der Waals surface area contributed by atoms with E-state index in [9.17, 15) is 9.59 Å². The summed E-state index contributed by atoms with van der Waals surface area (Å²) in [5, 5.41) is 2.99. The summed E-state index contributed by atoms with van der Waals surface area (Å²) >= 11 is 0. The fraction of sp³-hybridized carbons (Fsp3) is 0.417. The fourth-order valence-corrected chi connectivity index (χ4v) is 4.08. The molecule has 0 aromatic heterocycles. The summed E-state index contributed by atoms with van der Waals surface area (Å²) < 4.78 is 5.29. The van der Waals surface area contributed by atoms with Crippen molar-refractivity contribution in [1.82, 2.24) is 5.32 Å². The molecule has 6 nitrogen and oxygen atoms in total. The van der Waals surface area contributed by atoms with Crippen LogP contribution in [-0.2, 0) is 16.0 Å². The van der Waals surface area contributed by atoms with Crippen LogP contribution in [-0.4, -0.2) is 30.7 Å². The molecule has 2 aromatic rings. The third-order valence-corrected chi connectivity index (χ3v) is 5.37. The number of carbonyl (C=O) groups is 2. The fourth-order valence-electron chi connectivity index (χ4n) is 4.08. The second-order valence-electron chi connectivity index (χ2n) is 8.13. The second kappa shape index (κ2) is 9.30. The molecule has 2 amide bonds. The first kappa shape index (κ1) is 21.8. The third kappa shape index (κ3) is 4.82. The normalized spacial score (nSPS) is 18.1. The molecule has 30 heavy (non-hydrogen) atoms. The van der Waals surface area contributed by atoms with Gasteiger partial charge in [-0.2, -0.15) is 0 Å². The Morgan fingerprint density at radius 1 is 1.17 bits per heavy atom. The molecule has 2 atom stereocenters. The Morgan fingerprint density at radius 3 is 2.43 bits per heavy atom. The van der Waals surface area contributed by atoms with Gasteiger partial charge in [0.2, 0.25) is 5.91 Å². The summed E-state index contributed by atoms with van der Waals surface area (Å²) in [5.41, 5.74) is 10.7. The van der Waals surface area contributed by atoms with Gasteiger partial charge in [-0.3, -0.25) is 4.79 Å². The van der Waals surface area contributed by atoms with Gasteiger partial charge >= 0.3 is 6.09 Å². The van der Waals surface area contributed by atoms with Gasteiger partial charge in [-0.1, -0.05) is 30.3 Å². The number of ether oxygens (including phenoxy) is 1. The van der Waals surface area contributed by atoms with Gasteiger partial charge in [-0.25, -0.2) is 4.79 Å². The molecule has 3 rings (SSSR count). The van der Waals surface area contributed by atoms with Crippen molar-refractivity contribution in [2.24, 2.45) is 5.73 Å². The van der Waals surface area contributed by atoms with Gasteiger partial charge in [0, 0.05) is 18.7 Å². The van der Waals surface area contributed by atoms with Crippen LogP contribution in [0.4, 0.5) is 10.5 Å². The van der Waals surface area contributed by atoms with Crippen molar-refractivity contribution >= 4 is 17.7 Å². The van der Waals surface area contributed by atoms with Crippen LogP contribution in [0.15, 0.2) is 42.5 Å². The Labute approximate surface area is 178 Å². The van der Waals surface area contributed by atoms with E-state index in [2.05, 4.69) is 35.6 Å². The number of rotatable bonds is 5. The summed E-state index contributed by atoms with van der Waals surface area (Å²) in [6.45, 7) is 7.83. The molecule has 2 aromatic carbocycles. The van der Waals surface area contributed by atoms with E-state index in [0.717, 1.165) is 28.8 Å². The summed E-state index contributed by atoms with van der Waals surface area (Å²) in [6, 6.07) is 14.1. The zero-order valence-corrected chi connectivity index (χ0v) is 18.1. The molecule has 0 bridgehead atoms. The van der Waals surface area contributed by atoms with E-state index in [-0.39, 0.29) is 24.1 Å². The first-order chi connectivity index (χ1) is 14.3. The highest BCUT2D eigenvalue weighted by molar-refractivity contribution is 5.94. The molecule has 160 valence electrons. The number of carbonyl (C=O) groups excluding carboxylic acids is 2. The van der Waals surface area contributed by atoms with Gasteiger partial charge in [-0.15, -0.1) is 0 Å². The van der Waals surface area contributed by atoms with E-state index in [0.29, 0.717) is 13.0 Å². The van der Waals surface area contributed by atoms with Gasteiger partial charge in [0.25, 0.3) is 0 Å². The van der Waals surface area contributed by atoms with Gasteiger partial charge in [0.05, 0.1) is 12.1 Å². The van der Waals surface area contributed by atoms with Crippen molar-refractivity contribution in [2.45, 2.75) is 58.7 Å². The number of nitrogens with zero attached hydrogens (tertiary/aromatic N) is 1. The molecule has 3 N–H and O–H groups in total. The zero-order chi connectivity index (χ0) is 21.8. The van der Waals surface area contributed by atoms with Crippen LogP contribution in [0.5, 0.6) is 0 Å². The molecule has 0 aliphatic carbocycles. The topological polar surface area (TPSA) is 84.7 Å². The van der Waals surface area contributed by atoms with Gasteiger partial charge in [0.1, 0.15) is 0 Å². The maximum Gasteiger partial charge on any atom is 0.407 e. The van der Waals surface area contributed by atoms with Crippen molar-refractivity contribution in [1.29, 1.82) is 0 Å². The van der Waals surface area contributed by atoms with E-state index in [1.807, 2.05) is 32.9 Å². The van der Waals surface area contributed by atoms with Gasteiger partial charge < -0.3 is 20.7 Å². The number of amides is 2. The van der Waals surface area contributed by atoms with Crippen LogP contribution in [0.1, 0.15) is 51.3 Å². The average molecular weight is 410 g/mol. The van der Waals surface area contributed by atoms with Crippen LogP contribution in [0.3, 0.4) is 0 Å². The molecular weight excluding hydrogens is 378 g/mol. The Kier molecular flexibility index (Phi) is 6.77. The molecule has 1 aliphatic rings. The van der Waals surface area contributed by atoms with E-state index in [4.69, 9.17) is 10.5 Å². The van der Waals surface area contributed by atoms with Crippen molar-refractivity contribution in [3.05, 3.63) is 53.6 Å². The lowest BCUT2D eigenvalue weighted by atomic mass is 9.89. The molecule has 0 saturated carbocycles. The molecule has 1 heterocycles. The standard InChI is InChI=1S/C24H31N3O3/c1-15(2)30-24(29)26-22-13-16(3)27(17(4)28)23-10-9-20(14-21(22)23)19-7-5-18(6-8-19)11-12-25/h5-10,14-16,22H,11-13,25H2,1-4H3,(H,26,29)/t16-,22+/m0/s1. The van der Waals surface area contributed by atoms with Gasteiger partial charge in [0.15, 0.2) is 0 Å². The first-order valence-corrected chi connectivity index (χ1v) is 10.5. The van der Waals surface area contributed by atoms with Crippen LogP contribution in [0, 0.1) is 0 Å². The quantitative estimate of drug-likeness (QED) is 0.776. The molecule has 0 saturated heterocycles. The minimum atomic E-state index is -0.444. The summed E-state index contributed by atoms with van der Waals surface area (Å²) in [7, 11) is 0. The Morgan fingerprint density at radius 2 is 1.83 bits per heavy atom. The van der Waals surface area contributed by atoms with Crippen LogP contribution in [0.2, 0.25) is 0 Å². The molecule has 0 radical (unpaired) electrons. The van der Waals surface area contributed by atoms with E-state index in [1.54, 1.807) is 11.8 Å². The summed E-state index contributed by atoms with van der Waals surface area (Å²) in [6.07, 6.45) is 0.831. The number of alkyl carbamates (subject to hydrolysis) is 1.